The van der Waals surface area contributed by atoms with Crippen molar-refractivity contribution in [1.29, 1.82) is 0 Å². The predicted molar refractivity (Wildman–Crippen MR) is 96.3 cm³/mol. The van der Waals surface area contributed by atoms with Gasteiger partial charge in [-0.25, -0.2) is 13.2 Å². The number of hydrogen-bond donors (Lipinski definition) is 2. The first-order chi connectivity index (χ1) is 13.5. The summed E-state index contributed by atoms with van der Waals surface area (Å²) in [6.07, 6.45) is 1.22. The zero-order chi connectivity index (χ0) is 20.1. The van der Waals surface area contributed by atoms with E-state index < -0.39 is 17.5 Å². The standard InChI is InChI=1S/C18H16F3N5O2/c1-27-13-6-3-10(7-14(13)28-2)8-22-18-25-15(9-23-26-18)24-12-5-4-11(19)16(20)17(12)21/h3-7,9H,8H2,1-2H3,(H2,22,24,25,26). The van der Waals surface area contributed by atoms with E-state index in [1.165, 1.54) is 13.3 Å². The van der Waals surface area contributed by atoms with Crippen molar-refractivity contribution in [2.75, 3.05) is 24.9 Å². The van der Waals surface area contributed by atoms with Crippen LogP contribution in [0.4, 0.5) is 30.6 Å². The van der Waals surface area contributed by atoms with Gasteiger partial charge in [-0.1, -0.05) is 6.07 Å². The van der Waals surface area contributed by atoms with Gasteiger partial charge in [-0.05, 0) is 29.8 Å². The number of methoxy groups -OCH3 is 2. The Hall–Kier alpha value is -3.56. The fourth-order valence-electron chi connectivity index (χ4n) is 2.37. The van der Waals surface area contributed by atoms with E-state index >= 15 is 0 Å². The molecule has 0 atom stereocenters. The Morgan fingerprint density at radius 1 is 0.964 bits per heavy atom. The van der Waals surface area contributed by atoms with Gasteiger partial charge in [0.2, 0.25) is 5.95 Å². The van der Waals surface area contributed by atoms with Crippen molar-refractivity contribution in [3.05, 3.63) is 59.5 Å². The highest BCUT2D eigenvalue weighted by molar-refractivity contribution is 5.57. The van der Waals surface area contributed by atoms with Crippen molar-refractivity contribution < 1.29 is 22.6 Å². The Labute approximate surface area is 158 Å². The number of anilines is 3. The van der Waals surface area contributed by atoms with Gasteiger partial charge in [0.15, 0.2) is 34.8 Å². The zero-order valence-corrected chi connectivity index (χ0v) is 15.0. The summed E-state index contributed by atoms with van der Waals surface area (Å²) in [5, 5.41) is 13.1. The monoisotopic (exact) mass is 391 g/mol. The molecule has 0 spiro atoms. The first-order valence-electron chi connectivity index (χ1n) is 8.07. The molecule has 1 aromatic heterocycles. The number of aromatic nitrogens is 3. The van der Waals surface area contributed by atoms with Crippen LogP contribution in [0.25, 0.3) is 0 Å². The minimum Gasteiger partial charge on any atom is -0.493 e. The van der Waals surface area contributed by atoms with E-state index in [0.717, 1.165) is 17.7 Å². The second-order valence-electron chi connectivity index (χ2n) is 5.56. The molecule has 0 aliphatic heterocycles. The number of ether oxygens (including phenoxy) is 2. The average molecular weight is 391 g/mol. The van der Waals surface area contributed by atoms with Gasteiger partial charge < -0.3 is 20.1 Å². The number of nitrogens with one attached hydrogen (secondary N) is 2. The lowest BCUT2D eigenvalue weighted by Crippen LogP contribution is -2.07. The second kappa shape index (κ2) is 8.42. The van der Waals surface area contributed by atoms with Crippen LogP contribution in [0.15, 0.2) is 36.5 Å². The maximum Gasteiger partial charge on any atom is 0.244 e. The fourth-order valence-corrected chi connectivity index (χ4v) is 2.37. The summed E-state index contributed by atoms with van der Waals surface area (Å²) < 4.78 is 50.5. The summed E-state index contributed by atoms with van der Waals surface area (Å²) in [6.45, 7) is 0.352. The summed E-state index contributed by atoms with van der Waals surface area (Å²) in [4.78, 5) is 4.12. The molecule has 3 aromatic rings. The van der Waals surface area contributed by atoms with Crippen molar-refractivity contribution in [2.45, 2.75) is 6.54 Å². The van der Waals surface area contributed by atoms with E-state index in [9.17, 15) is 13.2 Å². The van der Waals surface area contributed by atoms with Crippen molar-refractivity contribution in [3.63, 3.8) is 0 Å². The molecule has 28 heavy (non-hydrogen) atoms. The number of rotatable bonds is 7. The van der Waals surface area contributed by atoms with Crippen molar-refractivity contribution in [2.24, 2.45) is 0 Å². The summed E-state index contributed by atoms with van der Waals surface area (Å²) in [6, 6.07) is 7.26. The van der Waals surface area contributed by atoms with Gasteiger partial charge in [0.1, 0.15) is 0 Å². The van der Waals surface area contributed by atoms with Gasteiger partial charge in [-0.2, -0.15) is 10.1 Å². The van der Waals surface area contributed by atoms with Crippen LogP contribution in [-0.4, -0.2) is 29.4 Å². The summed E-state index contributed by atoms with van der Waals surface area (Å²) in [5.41, 5.74) is 0.594. The van der Waals surface area contributed by atoms with E-state index in [2.05, 4.69) is 25.8 Å². The number of nitrogens with zero attached hydrogens (tertiary/aromatic N) is 3. The molecule has 1 heterocycles. The van der Waals surface area contributed by atoms with Crippen molar-refractivity contribution in [3.8, 4) is 11.5 Å². The Balaban J connectivity index is 1.71. The number of benzene rings is 2. The van der Waals surface area contributed by atoms with Crippen molar-refractivity contribution in [1.82, 2.24) is 15.2 Å². The van der Waals surface area contributed by atoms with E-state index in [1.54, 1.807) is 19.2 Å². The third kappa shape index (κ3) is 4.22. The quantitative estimate of drug-likeness (QED) is 0.595. The molecule has 0 aliphatic rings. The van der Waals surface area contributed by atoms with E-state index in [0.29, 0.717) is 18.0 Å². The molecule has 0 fully saturated rings. The van der Waals surface area contributed by atoms with Gasteiger partial charge in [0.05, 0.1) is 26.1 Å². The topological polar surface area (TPSA) is 81.2 Å². The van der Waals surface area contributed by atoms with Crippen LogP contribution < -0.4 is 20.1 Å². The van der Waals surface area contributed by atoms with Crippen LogP contribution in [0.3, 0.4) is 0 Å². The molecule has 146 valence electrons. The van der Waals surface area contributed by atoms with Crippen LogP contribution in [0.2, 0.25) is 0 Å². The average Bonchev–Trinajstić information content (AvgIpc) is 2.72. The minimum absolute atomic E-state index is 0.106. The Kier molecular flexibility index (Phi) is 5.78. The van der Waals surface area contributed by atoms with Gasteiger partial charge in [-0.15, -0.1) is 5.10 Å². The number of hydrogen-bond acceptors (Lipinski definition) is 7. The van der Waals surface area contributed by atoms with Crippen LogP contribution in [0, 0.1) is 17.5 Å². The first kappa shape index (κ1) is 19.2. The maximum absolute atomic E-state index is 13.8. The van der Waals surface area contributed by atoms with E-state index in [4.69, 9.17) is 9.47 Å². The molecule has 0 radical (unpaired) electrons. The molecule has 0 bridgehead atoms. The maximum atomic E-state index is 13.8. The van der Waals surface area contributed by atoms with Crippen LogP contribution in [0.1, 0.15) is 5.56 Å². The predicted octanol–water partition coefficient (Wildman–Crippen LogP) is 3.66. The molecule has 2 N–H and O–H groups in total. The summed E-state index contributed by atoms with van der Waals surface area (Å²) in [5.74, 6) is -2.76. The van der Waals surface area contributed by atoms with Gasteiger partial charge >= 0.3 is 0 Å². The highest BCUT2D eigenvalue weighted by atomic mass is 19.2. The van der Waals surface area contributed by atoms with E-state index in [-0.39, 0.29) is 17.5 Å². The summed E-state index contributed by atoms with van der Waals surface area (Å²) >= 11 is 0. The van der Waals surface area contributed by atoms with Crippen LogP contribution in [0.5, 0.6) is 11.5 Å². The SMILES string of the molecule is COc1ccc(CNc2nncc(Nc3ccc(F)c(F)c3F)n2)cc1OC. The lowest BCUT2D eigenvalue weighted by molar-refractivity contribution is 0.354. The van der Waals surface area contributed by atoms with Crippen LogP contribution >= 0.6 is 0 Å². The molecule has 7 nitrogen and oxygen atoms in total. The molecule has 0 unspecified atom stereocenters. The Morgan fingerprint density at radius 2 is 1.75 bits per heavy atom. The third-order valence-electron chi connectivity index (χ3n) is 3.76. The normalized spacial score (nSPS) is 10.5. The van der Waals surface area contributed by atoms with Gasteiger partial charge in [0.25, 0.3) is 0 Å². The lowest BCUT2D eigenvalue weighted by Gasteiger charge is -2.11. The lowest BCUT2D eigenvalue weighted by atomic mass is 10.2. The highest BCUT2D eigenvalue weighted by Gasteiger charge is 2.14. The van der Waals surface area contributed by atoms with Gasteiger partial charge in [0, 0.05) is 6.54 Å². The number of halogens is 3. The van der Waals surface area contributed by atoms with Crippen LogP contribution in [-0.2, 0) is 6.54 Å². The fraction of sp³-hybridized carbons (Fsp3) is 0.167. The van der Waals surface area contributed by atoms with Crippen molar-refractivity contribution >= 4 is 17.5 Å². The molecular weight excluding hydrogens is 375 g/mol. The molecule has 0 saturated carbocycles. The third-order valence-corrected chi connectivity index (χ3v) is 3.76. The minimum atomic E-state index is -1.57. The largest absolute Gasteiger partial charge is 0.493 e. The summed E-state index contributed by atoms with van der Waals surface area (Å²) in [7, 11) is 3.08. The van der Waals surface area contributed by atoms with E-state index in [1.807, 2.05) is 6.07 Å². The molecule has 10 heteroatoms. The Bertz CT molecular complexity index is 987. The molecule has 0 aliphatic carbocycles. The molecular formula is C18H16F3N5O2. The molecule has 3 rings (SSSR count). The molecule has 0 amide bonds. The first-order valence-corrected chi connectivity index (χ1v) is 8.07. The molecule has 2 aromatic carbocycles. The van der Waals surface area contributed by atoms with Gasteiger partial charge in [-0.3, -0.25) is 0 Å². The zero-order valence-electron chi connectivity index (χ0n) is 15.0. The molecule has 0 saturated heterocycles. The Morgan fingerprint density at radius 3 is 2.50 bits per heavy atom. The highest BCUT2D eigenvalue weighted by Crippen LogP contribution is 2.28. The smallest absolute Gasteiger partial charge is 0.244 e. The second-order valence-corrected chi connectivity index (χ2v) is 5.56.